The molecule has 3 amide bonds. The predicted octanol–water partition coefficient (Wildman–Crippen LogP) is 4.47. The Hall–Kier alpha value is -3.06. The molecule has 3 N–H and O–H groups in total. The number of rotatable bonds is 5. The Kier molecular flexibility index (Phi) is 7.26. The summed E-state index contributed by atoms with van der Waals surface area (Å²) in [7, 11) is -3.56. The highest BCUT2D eigenvalue weighted by Gasteiger charge is 2.26. The molecule has 0 heterocycles. The quantitative estimate of drug-likeness (QED) is 0.527. The summed E-state index contributed by atoms with van der Waals surface area (Å²) in [4.78, 5) is 25.0. The predicted molar refractivity (Wildman–Crippen MR) is 131 cm³/mol. The van der Waals surface area contributed by atoms with Crippen molar-refractivity contribution in [2.45, 2.75) is 84.3 Å². The highest BCUT2D eigenvalue weighted by atomic mass is 32.2. The largest absolute Gasteiger partial charge is 0.444 e. The van der Waals surface area contributed by atoms with E-state index in [1.807, 2.05) is 0 Å². The van der Waals surface area contributed by atoms with E-state index >= 15 is 0 Å². The number of fused-ring (bicyclic) bond motifs is 2. The fraction of sp³-hybridized carbons (Fsp3) is 0.542. The number of nitrogens with zero attached hydrogens (tertiary/aromatic N) is 2. The number of nitrogens with one attached hydrogen (secondary N) is 3. The zero-order valence-corrected chi connectivity index (χ0v) is 21.2. The van der Waals surface area contributed by atoms with Gasteiger partial charge in [-0.15, -0.1) is 0 Å². The van der Waals surface area contributed by atoms with Crippen molar-refractivity contribution in [2.24, 2.45) is 4.36 Å². The highest BCUT2D eigenvalue weighted by Crippen LogP contribution is 2.38. The van der Waals surface area contributed by atoms with E-state index < -0.39 is 33.2 Å². The molecule has 3 rings (SSSR count). The molecule has 2 aliphatic rings. The molecule has 34 heavy (non-hydrogen) atoms. The fourth-order valence-electron chi connectivity index (χ4n) is 4.26. The zero-order chi connectivity index (χ0) is 25.1. The maximum Gasteiger partial charge on any atom is 0.408 e. The number of anilines is 1. The van der Waals surface area contributed by atoms with E-state index in [4.69, 9.17) is 10.00 Å². The molecular formula is C24H33N5O4S. The number of amides is 3. The summed E-state index contributed by atoms with van der Waals surface area (Å²) < 4.78 is 24.3. The average molecular weight is 488 g/mol. The van der Waals surface area contributed by atoms with Crippen LogP contribution in [0.25, 0.3) is 0 Å². The van der Waals surface area contributed by atoms with Crippen molar-refractivity contribution in [2.75, 3.05) is 5.32 Å². The minimum atomic E-state index is -3.56. The Bertz CT molecular complexity index is 1150. The molecule has 0 saturated heterocycles. The van der Waals surface area contributed by atoms with Crippen molar-refractivity contribution < 1.29 is 18.5 Å². The molecule has 2 aliphatic carbocycles. The molecule has 0 radical (unpaired) electrons. The first-order valence-corrected chi connectivity index (χ1v) is 13.0. The summed E-state index contributed by atoms with van der Waals surface area (Å²) in [5.74, 6) is 0. The molecule has 10 heteroatoms. The maximum absolute atomic E-state index is 13.2. The number of hydrogen-bond donors (Lipinski definition) is 3. The maximum atomic E-state index is 13.2. The number of urea groups is 1. The van der Waals surface area contributed by atoms with Crippen LogP contribution in [0, 0.1) is 11.5 Å². The molecular weight excluding hydrogens is 454 g/mol. The number of carbonyl (C=O) groups excluding carboxylic acids is 2. The molecule has 1 atom stereocenters. The van der Waals surface area contributed by atoms with Crippen molar-refractivity contribution in [1.82, 2.24) is 10.0 Å². The first-order valence-electron chi connectivity index (χ1n) is 11.4. The van der Waals surface area contributed by atoms with Crippen LogP contribution in [0.3, 0.4) is 0 Å². The van der Waals surface area contributed by atoms with E-state index in [2.05, 4.69) is 25.8 Å². The SMILES string of the molecule is CC(C)(/C=C/S(=O)(=NC#N)NC(=O)Nc1c2c(cc3c1CCC3)CCC2)NC(=O)OC(C)(C)C. The third-order valence-electron chi connectivity index (χ3n) is 5.62. The summed E-state index contributed by atoms with van der Waals surface area (Å²) in [6, 6.07) is 1.56. The van der Waals surface area contributed by atoms with Crippen LogP contribution in [-0.4, -0.2) is 27.5 Å². The van der Waals surface area contributed by atoms with Crippen molar-refractivity contribution in [3.8, 4) is 6.19 Å². The van der Waals surface area contributed by atoms with E-state index in [0.717, 1.165) is 60.7 Å². The molecule has 1 aromatic rings. The van der Waals surface area contributed by atoms with Gasteiger partial charge in [-0.1, -0.05) is 10.4 Å². The van der Waals surface area contributed by atoms with Crippen LogP contribution in [0.15, 0.2) is 21.9 Å². The van der Waals surface area contributed by atoms with Gasteiger partial charge in [0.05, 0.1) is 5.54 Å². The molecule has 9 nitrogen and oxygen atoms in total. The number of ether oxygens (including phenoxy) is 1. The van der Waals surface area contributed by atoms with Crippen LogP contribution in [0.5, 0.6) is 0 Å². The Labute approximate surface area is 201 Å². The minimum absolute atomic E-state index is 0.650. The lowest BCUT2D eigenvalue weighted by atomic mass is 9.99. The molecule has 1 unspecified atom stereocenters. The first kappa shape index (κ1) is 25.6. The van der Waals surface area contributed by atoms with E-state index in [-0.39, 0.29) is 0 Å². The normalized spacial score (nSPS) is 16.7. The third-order valence-corrected chi connectivity index (χ3v) is 6.95. The first-order chi connectivity index (χ1) is 15.8. The zero-order valence-electron chi connectivity index (χ0n) is 20.4. The van der Waals surface area contributed by atoms with Gasteiger partial charge in [-0.05, 0) is 101 Å². The molecule has 0 spiro atoms. The van der Waals surface area contributed by atoms with Gasteiger partial charge in [0.15, 0.2) is 9.92 Å². The number of carbonyl (C=O) groups is 2. The van der Waals surface area contributed by atoms with Gasteiger partial charge in [0, 0.05) is 11.1 Å². The van der Waals surface area contributed by atoms with Gasteiger partial charge in [0.1, 0.15) is 5.60 Å². The third kappa shape index (κ3) is 6.50. The molecule has 0 aliphatic heterocycles. The van der Waals surface area contributed by atoms with Gasteiger partial charge in [-0.3, -0.25) is 0 Å². The average Bonchev–Trinajstić information content (AvgIpc) is 3.33. The summed E-state index contributed by atoms with van der Waals surface area (Å²) in [6.45, 7) is 8.56. The van der Waals surface area contributed by atoms with E-state index in [0.29, 0.717) is 0 Å². The molecule has 0 fully saturated rings. The second-order valence-corrected chi connectivity index (χ2v) is 12.0. The molecule has 1 aromatic carbocycles. The summed E-state index contributed by atoms with van der Waals surface area (Å²) in [5, 5.41) is 15.7. The Morgan fingerprint density at radius 3 is 2.21 bits per heavy atom. The van der Waals surface area contributed by atoms with Crippen LogP contribution in [0.4, 0.5) is 15.3 Å². The van der Waals surface area contributed by atoms with Crippen molar-refractivity contribution in [3.05, 3.63) is 39.8 Å². The van der Waals surface area contributed by atoms with Crippen LogP contribution in [0.2, 0.25) is 0 Å². The topological polar surface area (TPSA) is 133 Å². The van der Waals surface area contributed by atoms with E-state index in [1.165, 1.54) is 23.4 Å². The molecule has 0 bridgehead atoms. The monoisotopic (exact) mass is 487 g/mol. The van der Waals surface area contributed by atoms with E-state index in [9.17, 15) is 13.8 Å². The lowest BCUT2D eigenvalue weighted by molar-refractivity contribution is 0.0491. The lowest BCUT2D eigenvalue weighted by Gasteiger charge is -2.26. The number of nitriles is 1. The molecule has 0 saturated carbocycles. The Balaban J connectivity index is 1.76. The Morgan fingerprint density at radius 1 is 1.09 bits per heavy atom. The van der Waals surface area contributed by atoms with Gasteiger partial charge in [0.25, 0.3) is 0 Å². The van der Waals surface area contributed by atoms with Crippen molar-refractivity contribution in [3.63, 3.8) is 0 Å². The van der Waals surface area contributed by atoms with Gasteiger partial charge in [-0.25, -0.2) is 18.5 Å². The Morgan fingerprint density at radius 2 is 1.68 bits per heavy atom. The van der Waals surface area contributed by atoms with Crippen LogP contribution < -0.4 is 15.4 Å². The van der Waals surface area contributed by atoms with Crippen LogP contribution >= 0.6 is 0 Å². The highest BCUT2D eigenvalue weighted by molar-refractivity contribution is 7.95. The summed E-state index contributed by atoms with van der Waals surface area (Å²) in [6.07, 6.45) is 8.11. The lowest BCUT2D eigenvalue weighted by Crippen LogP contribution is -2.44. The van der Waals surface area contributed by atoms with Crippen molar-refractivity contribution in [1.29, 1.82) is 5.26 Å². The van der Waals surface area contributed by atoms with Gasteiger partial charge in [0.2, 0.25) is 6.19 Å². The number of alkyl carbamates (subject to hydrolysis) is 1. The van der Waals surface area contributed by atoms with Crippen molar-refractivity contribution >= 4 is 27.7 Å². The smallest absolute Gasteiger partial charge is 0.408 e. The molecule has 184 valence electrons. The second kappa shape index (κ2) is 9.66. The summed E-state index contributed by atoms with van der Waals surface area (Å²) in [5.41, 5.74) is 3.94. The second-order valence-electron chi connectivity index (χ2n) is 10.2. The standard InChI is InChI=1S/C24H33N5O4S/c1-23(2,3)33-22(31)28-24(4,5)12-13-34(32,26-15-25)29-21(30)27-20-18-10-6-8-16(18)14-17-9-7-11-19(17)20/h12-14H,6-11H2,1-5H3,(H,28,31)(H2,26,27,29,30,32)/b13-12+. The molecule has 0 aromatic heterocycles. The van der Waals surface area contributed by atoms with Gasteiger partial charge in [-0.2, -0.15) is 5.26 Å². The van der Waals surface area contributed by atoms with Crippen LogP contribution in [-0.2, 0) is 40.3 Å². The number of hydrogen-bond acceptors (Lipinski definition) is 6. The minimum Gasteiger partial charge on any atom is -0.444 e. The van der Waals surface area contributed by atoms with Crippen LogP contribution in [0.1, 0.15) is 69.7 Å². The van der Waals surface area contributed by atoms with Gasteiger partial charge < -0.3 is 15.4 Å². The fourth-order valence-corrected chi connectivity index (χ4v) is 5.39. The number of aryl methyl sites for hydroxylation is 2. The number of benzene rings is 1. The summed E-state index contributed by atoms with van der Waals surface area (Å²) >= 11 is 0. The van der Waals surface area contributed by atoms with Gasteiger partial charge >= 0.3 is 12.1 Å². The van der Waals surface area contributed by atoms with E-state index in [1.54, 1.807) is 34.6 Å².